The zero-order valence-electron chi connectivity index (χ0n) is 11.7. The molecule has 1 N–H and O–H groups in total. The highest BCUT2D eigenvalue weighted by atomic mass is 79.9. The summed E-state index contributed by atoms with van der Waals surface area (Å²) < 4.78 is 0.990. The maximum atomic E-state index is 12.0. The van der Waals surface area contributed by atoms with Crippen LogP contribution in [0.3, 0.4) is 0 Å². The molecule has 2 aromatic rings. The van der Waals surface area contributed by atoms with E-state index in [-0.39, 0.29) is 5.91 Å². The summed E-state index contributed by atoms with van der Waals surface area (Å²) >= 11 is 3.41. The van der Waals surface area contributed by atoms with E-state index in [0.717, 1.165) is 15.7 Å². The molecule has 2 aromatic carbocycles. The van der Waals surface area contributed by atoms with Crippen LogP contribution in [0.1, 0.15) is 30.9 Å². The Balaban J connectivity index is 1.97. The van der Waals surface area contributed by atoms with E-state index in [0.29, 0.717) is 12.3 Å². The van der Waals surface area contributed by atoms with Crippen LogP contribution in [-0.2, 0) is 11.2 Å². The van der Waals surface area contributed by atoms with Crippen LogP contribution < -0.4 is 5.32 Å². The lowest BCUT2D eigenvalue weighted by atomic mass is 10.0. The first kappa shape index (κ1) is 14.8. The highest BCUT2D eigenvalue weighted by Crippen LogP contribution is 2.17. The topological polar surface area (TPSA) is 29.1 Å². The van der Waals surface area contributed by atoms with E-state index in [9.17, 15) is 4.79 Å². The van der Waals surface area contributed by atoms with Crippen molar-refractivity contribution in [3.63, 3.8) is 0 Å². The Morgan fingerprint density at radius 3 is 2.45 bits per heavy atom. The van der Waals surface area contributed by atoms with Crippen LogP contribution >= 0.6 is 15.9 Å². The van der Waals surface area contributed by atoms with Gasteiger partial charge in [0, 0.05) is 10.2 Å². The molecule has 0 unspecified atom stereocenters. The molecule has 0 fully saturated rings. The van der Waals surface area contributed by atoms with E-state index >= 15 is 0 Å². The summed E-state index contributed by atoms with van der Waals surface area (Å²) in [6.45, 7) is 4.31. The molecule has 0 saturated carbocycles. The van der Waals surface area contributed by atoms with Crippen LogP contribution in [0.25, 0.3) is 0 Å². The fourth-order valence-electron chi connectivity index (χ4n) is 1.99. The number of rotatable bonds is 4. The molecule has 0 heterocycles. The quantitative estimate of drug-likeness (QED) is 0.860. The largest absolute Gasteiger partial charge is 0.326 e. The summed E-state index contributed by atoms with van der Waals surface area (Å²) in [5.74, 6) is 0.502. The molecule has 0 aliphatic rings. The summed E-state index contributed by atoms with van der Waals surface area (Å²) in [5.41, 5.74) is 3.11. The second-order valence-corrected chi connectivity index (χ2v) is 6.05. The number of carbonyl (C=O) groups is 1. The highest BCUT2D eigenvalue weighted by molar-refractivity contribution is 9.10. The lowest BCUT2D eigenvalue weighted by molar-refractivity contribution is -0.115. The molecule has 0 aliphatic carbocycles. The third-order valence-electron chi connectivity index (χ3n) is 3.11. The second-order valence-electron chi connectivity index (χ2n) is 5.13. The van der Waals surface area contributed by atoms with Gasteiger partial charge < -0.3 is 5.32 Å². The predicted octanol–water partition coefficient (Wildman–Crippen LogP) is 4.75. The minimum Gasteiger partial charge on any atom is -0.326 e. The SMILES string of the molecule is CC(C)c1ccc(NC(=O)Cc2cccc(Br)c2)cc1. The number of hydrogen-bond acceptors (Lipinski definition) is 1. The van der Waals surface area contributed by atoms with E-state index in [1.807, 2.05) is 36.4 Å². The molecule has 3 heteroatoms. The maximum Gasteiger partial charge on any atom is 0.228 e. The van der Waals surface area contributed by atoms with Gasteiger partial charge in [-0.15, -0.1) is 0 Å². The van der Waals surface area contributed by atoms with Gasteiger partial charge in [0.1, 0.15) is 0 Å². The Labute approximate surface area is 128 Å². The molecule has 0 spiro atoms. The summed E-state index contributed by atoms with van der Waals surface area (Å²) in [6, 6.07) is 15.8. The number of amides is 1. The predicted molar refractivity (Wildman–Crippen MR) is 87.0 cm³/mol. The third kappa shape index (κ3) is 4.20. The van der Waals surface area contributed by atoms with Crippen LogP contribution in [0.15, 0.2) is 53.0 Å². The Bertz CT molecular complexity index is 590. The van der Waals surface area contributed by atoms with E-state index in [1.165, 1.54) is 5.56 Å². The van der Waals surface area contributed by atoms with Crippen LogP contribution in [0.5, 0.6) is 0 Å². The van der Waals surface area contributed by atoms with Crippen molar-refractivity contribution in [3.8, 4) is 0 Å². The zero-order valence-corrected chi connectivity index (χ0v) is 13.3. The summed E-state index contributed by atoms with van der Waals surface area (Å²) in [7, 11) is 0. The fourth-order valence-corrected chi connectivity index (χ4v) is 2.44. The summed E-state index contributed by atoms with van der Waals surface area (Å²) in [4.78, 5) is 12.0. The number of benzene rings is 2. The molecule has 1 amide bonds. The van der Waals surface area contributed by atoms with Gasteiger partial charge in [-0.2, -0.15) is 0 Å². The first-order valence-electron chi connectivity index (χ1n) is 6.69. The fraction of sp³-hybridized carbons (Fsp3) is 0.235. The monoisotopic (exact) mass is 331 g/mol. The van der Waals surface area contributed by atoms with Gasteiger partial charge in [0.05, 0.1) is 6.42 Å². The van der Waals surface area contributed by atoms with Gasteiger partial charge in [-0.25, -0.2) is 0 Å². The van der Waals surface area contributed by atoms with Gasteiger partial charge >= 0.3 is 0 Å². The van der Waals surface area contributed by atoms with Crippen LogP contribution in [0.4, 0.5) is 5.69 Å². The van der Waals surface area contributed by atoms with E-state index in [2.05, 4.69) is 47.2 Å². The van der Waals surface area contributed by atoms with Crippen molar-refractivity contribution in [2.75, 3.05) is 5.32 Å². The second kappa shape index (κ2) is 6.71. The number of hydrogen-bond donors (Lipinski definition) is 1. The summed E-state index contributed by atoms with van der Waals surface area (Å²) in [5, 5.41) is 2.92. The summed E-state index contributed by atoms with van der Waals surface area (Å²) in [6.07, 6.45) is 0.380. The van der Waals surface area contributed by atoms with Crippen LogP contribution in [0.2, 0.25) is 0 Å². The van der Waals surface area contributed by atoms with Crippen molar-refractivity contribution in [2.45, 2.75) is 26.2 Å². The van der Waals surface area contributed by atoms with Gasteiger partial charge in [0.2, 0.25) is 5.91 Å². The smallest absolute Gasteiger partial charge is 0.228 e. The van der Waals surface area contributed by atoms with Gasteiger partial charge in [-0.1, -0.05) is 54.0 Å². The molecule has 2 rings (SSSR count). The minimum atomic E-state index is 0.000368. The van der Waals surface area contributed by atoms with Crippen molar-refractivity contribution in [1.82, 2.24) is 0 Å². The minimum absolute atomic E-state index is 0.000368. The average molecular weight is 332 g/mol. The molecule has 2 nitrogen and oxygen atoms in total. The molecular formula is C17H18BrNO. The van der Waals surface area contributed by atoms with E-state index < -0.39 is 0 Å². The average Bonchev–Trinajstić information content (AvgIpc) is 2.39. The van der Waals surface area contributed by atoms with Gasteiger partial charge in [0.15, 0.2) is 0 Å². The molecule has 0 aliphatic heterocycles. The Kier molecular flexibility index (Phi) is 4.96. The molecule has 0 radical (unpaired) electrons. The number of carbonyl (C=O) groups excluding carboxylic acids is 1. The van der Waals surface area contributed by atoms with Crippen LogP contribution in [0, 0.1) is 0 Å². The molecular weight excluding hydrogens is 314 g/mol. The maximum absolute atomic E-state index is 12.0. The van der Waals surface area contributed by atoms with Crippen molar-refractivity contribution in [2.24, 2.45) is 0 Å². The van der Waals surface area contributed by atoms with E-state index in [1.54, 1.807) is 0 Å². The Morgan fingerprint density at radius 2 is 1.85 bits per heavy atom. The number of halogens is 1. The number of nitrogens with one attached hydrogen (secondary N) is 1. The molecule has 20 heavy (non-hydrogen) atoms. The standard InChI is InChI=1S/C17H18BrNO/c1-12(2)14-6-8-16(9-7-14)19-17(20)11-13-4-3-5-15(18)10-13/h3-10,12H,11H2,1-2H3,(H,19,20). The van der Waals surface area contributed by atoms with Gasteiger partial charge in [0.25, 0.3) is 0 Å². The molecule has 104 valence electrons. The van der Waals surface area contributed by atoms with Crippen molar-refractivity contribution < 1.29 is 4.79 Å². The molecule has 0 bridgehead atoms. The van der Waals surface area contributed by atoms with Crippen molar-refractivity contribution >= 4 is 27.5 Å². The van der Waals surface area contributed by atoms with Crippen molar-refractivity contribution in [3.05, 3.63) is 64.1 Å². The first-order valence-corrected chi connectivity index (χ1v) is 7.48. The van der Waals surface area contributed by atoms with Gasteiger partial charge in [-0.05, 0) is 41.3 Å². The molecule has 0 saturated heterocycles. The molecule has 0 atom stereocenters. The number of anilines is 1. The normalized spacial score (nSPS) is 10.6. The molecule has 0 aromatic heterocycles. The highest BCUT2D eigenvalue weighted by Gasteiger charge is 2.05. The third-order valence-corrected chi connectivity index (χ3v) is 3.61. The van der Waals surface area contributed by atoms with Crippen LogP contribution in [-0.4, -0.2) is 5.91 Å². The Hall–Kier alpha value is -1.61. The van der Waals surface area contributed by atoms with Gasteiger partial charge in [-0.3, -0.25) is 4.79 Å². The van der Waals surface area contributed by atoms with E-state index in [4.69, 9.17) is 0 Å². The lowest BCUT2D eigenvalue weighted by Crippen LogP contribution is -2.14. The Morgan fingerprint density at radius 1 is 1.15 bits per heavy atom. The zero-order chi connectivity index (χ0) is 14.5. The van der Waals surface area contributed by atoms with Crippen molar-refractivity contribution in [1.29, 1.82) is 0 Å². The first-order chi connectivity index (χ1) is 9.54. The lowest BCUT2D eigenvalue weighted by Gasteiger charge is -2.08.